The molecule has 0 saturated carbocycles. The maximum absolute atomic E-state index is 11.6. The standard InChI is InChI=1S/C16H15NO3.C7H13N/c1-11(18)13-9-5-6-10-14(13)17-15(16(19)20)12-7-3-2-4-8-12;1-4-8-5-2-7(1)3-6-8/h2-10,15,17H,1H3,(H,19,20);7H,1-6H2. The van der Waals surface area contributed by atoms with Crippen LogP contribution in [-0.2, 0) is 4.79 Å². The molecule has 5 heteroatoms. The molecule has 2 N–H and O–H groups in total. The molecular weight excluding hydrogens is 352 g/mol. The summed E-state index contributed by atoms with van der Waals surface area (Å²) < 4.78 is 0. The van der Waals surface area contributed by atoms with Crippen molar-refractivity contribution in [1.82, 2.24) is 4.90 Å². The molecule has 0 radical (unpaired) electrons. The molecule has 3 aliphatic rings. The number of aliphatic carboxylic acids is 1. The average molecular weight is 380 g/mol. The van der Waals surface area contributed by atoms with Gasteiger partial charge >= 0.3 is 5.97 Å². The molecule has 5 nitrogen and oxygen atoms in total. The van der Waals surface area contributed by atoms with Crippen LogP contribution in [0.3, 0.4) is 0 Å². The van der Waals surface area contributed by atoms with Crippen molar-refractivity contribution in [2.45, 2.75) is 32.2 Å². The molecule has 5 rings (SSSR count). The third kappa shape index (κ3) is 5.20. The van der Waals surface area contributed by atoms with Gasteiger partial charge in [0.05, 0.1) is 0 Å². The molecule has 0 aliphatic carbocycles. The maximum Gasteiger partial charge on any atom is 0.330 e. The van der Waals surface area contributed by atoms with Crippen LogP contribution in [0.5, 0.6) is 0 Å². The first-order chi connectivity index (χ1) is 13.5. The molecule has 2 aromatic carbocycles. The van der Waals surface area contributed by atoms with Crippen molar-refractivity contribution < 1.29 is 14.7 Å². The first kappa shape index (κ1) is 20.1. The van der Waals surface area contributed by atoms with Gasteiger partial charge in [-0.25, -0.2) is 4.79 Å². The summed E-state index contributed by atoms with van der Waals surface area (Å²) in [7, 11) is 0. The van der Waals surface area contributed by atoms with E-state index in [0.717, 1.165) is 5.92 Å². The molecule has 28 heavy (non-hydrogen) atoms. The Kier molecular flexibility index (Phi) is 6.82. The van der Waals surface area contributed by atoms with Crippen LogP contribution in [0.1, 0.15) is 48.1 Å². The average Bonchev–Trinajstić information content (AvgIpc) is 2.74. The number of nitrogens with one attached hydrogen (secondary N) is 1. The maximum atomic E-state index is 11.6. The van der Waals surface area contributed by atoms with Crippen LogP contribution in [0.2, 0.25) is 0 Å². The lowest BCUT2D eigenvalue weighted by Crippen LogP contribution is -2.41. The Morgan fingerprint density at radius 2 is 1.54 bits per heavy atom. The fourth-order valence-electron chi connectivity index (χ4n) is 3.87. The van der Waals surface area contributed by atoms with E-state index in [0.29, 0.717) is 16.8 Å². The number of hydrogen-bond donors (Lipinski definition) is 2. The quantitative estimate of drug-likeness (QED) is 0.760. The highest BCUT2D eigenvalue weighted by molar-refractivity contribution is 6.00. The highest BCUT2D eigenvalue weighted by Crippen LogP contribution is 2.26. The molecule has 0 aromatic heterocycles. The highest BCUT2D eigenvalue weighted by Gasteiger charge is 2.24. The van der Waals surface area contributed by atoms with Crippen molar-refractivity contribution in [3.8, 4) is 0 Å². The van der Waals surface area contributed by atoms with Crippen LogP contribution in [0, 0.1) is 5.92 Å². The summed E-state index contributed by atoms with van der Waals surface area (Å²) in [5.41, 5.74) is 1.64. The minimum atomic E-state index is -0.991. The largest absolute Gasteiger partial charge is 0.479 e. The summed E-state index contributed by atoms with van der Waals surface area (Å²) in [6.45, 7) is 5.64. The smallest absolute Gasteiger partial charge is 0.330 e. The van der Waals surface area contributed by atoms with Crippen LogP contribution in [0.4, 0.5) is 5.69 Å². The van der Waals surface area contributed by atoms with Crippen molar-refractivity contribution in [3.05, 3.63) is 65.7 Å². The zero-order valence-electron chi connectivity index (χ0n) is 16.3. The minimum absolute atomic E-state index is 0.106. The summed E-state index contributed by atoms with van der Waals surface area (Å²) in [5.74, 6) is 0.0138. The number of ketones is 1. The lowest BCUT2D eigenvalue weighted by Gasteiger charge is -2.38. The number of carboxylic acids is 1. The van der Waals surface area contributed by atoms with Crippen molar-refractivity contribution in [3.63, 3.8) is 0 Å². The van der Waals surface area contributed by atoms with Gasteiger partial charge in [0.25, 0.3) is 0 Å². The number of anilines is 1. The molecule has 3 fully saturated rings. The minimum Gasteiger partial charge on any atom is -0.479 e. The van der Waals surface area contributed by atoms with Crippen molar-refractivity contribution in [1.29, 1.82) is 0 Å². The van der Waals surface area contributed by atoms with Gasteiger partial charge < -0.3 is 15.3 Å². The summed E-state index contributed by atoms with van der Waals surface area (Å²) in [4.78, 5) is 25.6. The lowest BCUT2D eigenvalue weighted by atomic mass is 9.89. The second kappa shape index (κ2) is 9.51. The van der Waals surface area contributed by atoms with Crippen LogP contribution in [-0.4, -0.2) is 41.4 Å². The van der Waals surface area contributed by atoms with Gasteiger partial charge in [0.2, 0.25) is 0 Å². The van der Waals surface area contributed by atoms with E-state index in [4.69, 9.17) is 0 Å². The SMILES string of the molecule is C1CN2CCC1CC2.CC(=O)c1ccccc1NC(C(=O)O)c1ccccc1. The predicted octanol–water partition coefficient (Wildman–Crippen LogP) is 4.23. The number of fused-ring (bicyclic) bond motifs is 3. The zero-order valence-corrected chi connectivity index (χ0v) is 16.3. The number of carbonyl (C=O) groups is 2. The number of benzene rings is 2. The van der Waals surface area contributed by atoms with Crippen LogP contribution in [0.15, 0.2) is 54.6 Å². The molecule has 0 amide bonds. The van der Waals surface area contributed by atoms with Crippen LogP contribution in [0.25, 0.3) is 0 Å². The Bertz CT molecular complexity index is 775. The van der Waals surface area contributed by atoms with E-state index < -0.39 is 12.0 Å². The fourth-order valence-corrected chi connectivity index (χ4v) is 3.87. The molecule has 3 heterocycles. The summed E-state index contributed by atoms with van der Waals surface area (Å²) in [6.07, 6.45) is 4.46. The summed E-state index contributed by atoms with van der Waals surface area (Å²) in [5, 5.41) is 12.3. The van der Waals surface area contributed by atoms with Gasteiger partial charge in [0.1, 0.15) is 0 Å². The Morgan fingerprint density at radius 1 is 0.964 bits per heavy atom. The number of para-hydroxylation sites is 1. The Morgan fingerprint density at radius 3 is 2.00 bits per heavy atom. The number of Topliss-reactive ketones (excluding diaryl/α,β-unsaturated/α-hetero) is 1. The van der Waals surface area contributed by atoms with Gasteiger partial charge in [-0.3, -0.25) is 4.79 Å². The molecule has 3 aliphatic heterocycles. The van der Waals surface area contributed by atoms with Gasteiger partial charge in [-0.1, -0.05) is 42.5 Å². The van der Waals surface area contributed by atoms with Crippen LogP contribution < -0.4 is 5.32 Å². The Hall–Kier alpha value is -2.66. The molecule has 3 saturated heterocycles. The van der Waals surface area contributed by atoms with Crippen LogP contribution >= 0.6 is 0 Å². The van der Waals surface area contributed by atoms with Gasteiger partial charge in [0, 0.05) is 11.3 Å². The van der Waals surface area contributed by atoms with E-state index in [1.807, 2.05) is 6.07 Å². The number of piperidine rings is 3. The van der Waals surface area contributed by atoms with Crippen molar-refractivity contribution in [2.24, 2.45) is 5.92 Å². The Labute approximate surface area is 166 Å². The monoisotopic (exact) mass is 380 g/mol. The van der Waals surface area contributed by atoms with Gasteiger partial charge in [-0.2, -0.15) is 0 Å². The van der Waals surface area contributed by atoms with E-state index in [-0.39, 0.29) is 5.78 Å². The van der Waals surface area contributed by atoms with Crippen molar-refractivity contribution >= 4 is 17.4 Å². The highest BCUT2D eigenvalue weighted by atomic mass is 16.4. The number of carboxylic acid groups (broad SMARTS) is 1. The van der Waals surface area contributed by atoms with Gasteiger partial charge in [-0.15, -0.1) is 0 Å². The summed E-state index contributed by atoms with van der Waals surface area (Å²) >= 11 is 0. The zero-order chi connectivity index (χ0) is 19.9. The number of rotatable bonds is 5. The predicted molar refractivity (Wildman–Crippen MR) is 111 cm³/mol. The lowest BCUT2D eigenvalue weighted by molar-refractivity contribution is -0.138. The third-order valence-corrected chi connectivity index (χ3v) is 5.55. The second-order valence-electron chi connectivity index (χ2n) is 7.50. The number of nitrogens with zero attached hydrogens (tertiary/aromatic N) is 1. The molecule has 1 unspecified atom stereocenters. The first-order valence-electron chi connectivity index (χ1n) is 9.91. The molecule has 0 spiro atoms. The van der Waals surface area contributed by atoms with E-state index in [1.54, 1.807) is 48.5 Å². The molecular formula is C23H28N2O3. The number of hydrogen-bond acceptors (Lipinski definition) is 4. The third-order valence-electron chi connectivity index (χ3n) is 5.55. The first-order valence-corrected chi connectivity index (χ1v) is 9.91. The molecule has 2 bridgehead atoms. The molecule has 2 aromatic rings. The van der Waals surface area contributed by atoms with Crippen molar-refractivity contribution in [2.75, 3.05) is 25.0 Å². The van der Waals surface area contributed by atoms with E-state index in [9.17, 15) is 14.7 Å². The fraction of sp³-hybridized carbons (Fsp3) is 0.391. The van der Waals surface area contributed by atoms with Gasteiger partial charge in [-0.05, 0) is 69.4 Å². The van der Waals surface area contributed by atoms with E-state index in [1.165, 1.54) is 45.8 Å². The van der Waals surface area contributed by atoms with E-state index >= 15 is 0 Å². The normalized spacial score (nSPS) is 21.2. The second-order valence-corrected chi connectivity index (χ2v) is 7.50. The Balaban J connectivity index is 0.000000231. The number of carbonyl (C=O) groups excluding carboxylic acids is 1. The summed E-state index contributed by atoms with van der Waals surface area (Å²) in [6, 6.07) is 14.9. The van der Waals surface area contributed by atoms with E-state index in [2.05, 4.69) is 10.2 Å². The molecule has 1 atom stereocenters. The van der Waals surface area contributed by atoms with Gasteiger partial charge in [0.15, 0.2) is 11.8 Å². The topological polar surface area (TPSA) is 69.6 Å². The molecule has 148 valence electrons.